The maximum Gasteiger partial charge on any atom is 0.335 e. The third kappa shape index (κ3) is 3.74. The predicted octanol–water partition coefficient (Wildman–Crippen LogP) is 2.62. The Hall–Kier alpha value is -3.15. The summed E-state index contributed by atoms with van der Waals surface area (Å²) in [5, 5.41) is 11.7. The molecule has 0 spiro atoms. The first kappa shape index (κ1) is 17.7. The minimum atomic E-state index is -1.05. The van der Waals surface area contributed by atoms with Crippen LogP contribution in [0.3, 0.4) is 0 Å². The topological polar surface area (TPSA) is 86.7 Å². The van der Waals surface area contributed by atoms with Gasteiger partial charge in [0.05, 0.1) is 5.56 Å². The van der Waals surface area contributed by atoms with Crippen molar-refractivity contribution in [2.75, 3.05) is 11.4 Å². The van der Waals surface area contributed by atoms with Crippen LogP contribution in [0.2, 0.25) is 0 Å². The third-order valence-electron chi connectivity index (χ3n) is 4.48. The molecule has 26 heavy (non-hydrogen) atoms. The molecule has 0 saturated carbocycles. The average Bonchev–Trinajstić information content (AvgIpc) is 2.64. The van der Waals surface area contributed by atoms with Crippen LogP contribution in [0, 0.1) is 6.92 Å². The van der Waals surface area contributed by atoms with Crippen LogP contribution in [0.4, 0.5) is 5.69 Å². The van der Waals surface area contributed by atoms with Crippen LogP contribution in [0.1, 0.15) is 39.1 Å². The number of carboxylic acid groups (broad SMARTS) is 1. The van der Waals surface area contributed by atoms with Crippen molar-refractivity contribution in [1.29, 1.82) is 0 Å². The van der Waals surface area contributed by atoms with Gasteiger partial charge in [0.15, 0.2) is 0 Å². The number of carbonyl (C=O) groups excluding carboxylic acids is 2. The SMILES string of the molecule is Cc1ccc(N2CCCC(NC(=O)c3ccc(C(=O)O)cc3)C2=O)cc1. The van der Waals surface area contributed by atoms with Crippen molar-refractivity contribution in [3.8, 4) is 0 Å². The molecule has 0 aliphatic carbocycles. The average molecular weight is 352 g/mol. The Morgan fingerprint density at radius 1 is 1.04 bits per heavy atom. The highest BCUT2D eigenvalue weighted by molar-refractivity contribution is 6.03. The Morgan fingerprint density at radius 2 is 1.65 bits per heavy atom. The van der Waals surface area contributed by atoms with Crippen LogP contribution in [0.5, 0.6) is 0 Å². The number of aromatic carboxylic acids is 1. The number of benzene rings is 2. The maximum atomic E-state index is 12.8. The Kier molecular flexibility index (Phi) is 5.02. The largest absolute Gasteiger partial charge is 0.478 e. The highest BCUT2D eigenvalue weighted by atomic mass is 16.4. The van der Waals surface area contributed by atoms with Gasteiger partial charge in [-0.25, -0.2) is 4.79 Å². The van der Waals surface area contributed by atoms with Gasteiger partial charge in [0.25, 0.3) is 5.91 Å². The molecule has 2 aromatic rings. The van der Waals surface area contributed by atoms with Gasteiger partial charge in [0.1, 0.15) is 6.04 Å². The first-order chi connectivity index (χ1) is 12.5. The summed E-state index contributed by atoms with van der Waals surface area (Å²) < 4.78 is 0. The van der Waals surface area contributed by atoms with E-state index < -0.39 is 12.0 Å². The van der Waals surface area contributed by atoms with Gasteiger partial charge in [-0.15, -0.1) is 0 Å². The van der Waals surface area contributed by atoms with Crippen LogP contribution in [0.25, 0.3) is 0 Å². The molecule has 1 aliphatic rings. The molecule has 1 aliphatic heterocycles. The fraction of sp³-hybridized carbons (Fsp3) is 0.250. The van der Waals surface area contributed by atoms with Gasteiger partial charge < -0.3 is 15.3 Å². The Morgan fingerprint density at radius 3 is 2.27 bits per heavy atom. The number of hydrogen-bond acceptors (Lipinski definition) is 3. The number of amides is 2. The van der Waals surface area contributed by atoms with Crippen molar-refractivity contribution < 1.29 is 19.5 Å². The van der Waals surface area contributed by atoms with Crippen molar-refractivity contribution in [2.45, 2.75) is 25.8 Å². The smallest absolute Gasteiger partial charge is 0.335 e. The predicted molar refractivity (Wildman–Crippen MR) is 97.4 cm³/mol. The summed E-state index contributed by atoms with van der Waals surface area (Å²) in [5.41, 5.74) is 2.38. The lowest BCUT2D eigenvalue weighted by molar-refractivity contribution is -0.121. The second-order valence-corrected chi connectivity index (χ2v) is 6.38. The quantitative estimate of drug-likeness (QED) is 0.885. The number of anilines is 1. The van der Waals surface area contributed by atoms with Gasteiger partial charge in [0, 0.05) is 17.8 Å². The number of aryl methyl sites for hydroxylation is 1. The molecule has 0 bridgehead atoms. The lowest BCUT2D eigenvalue weighted by Gasteiger charge is -2.32. The monoisotopic (exact) mass is 352 g/mol. The second kappa shape index (κ2) is 7.39. The van der Waals surface area contributed by atoms with Crippen molar-refractivity contribution in [2.24, 2.45) is 0 Å². The van der Waals surface area contributed by atoms with Crippen molar-refractivity contribution >= 4 is 23.5 Å². The van der Waals surface area contributed by atoms with Gasteiger partial charge in [-0.1, -0.05) is 17.7 Å². The Labute approximate surface area is 151 Å². The molecule has 1 atom stereocenters. The van der Waals surface area contributed by atoms with E-state index in [2.05, 4.69) is 5.32 Å². The number of nitrogens with zero attached hydrogens (tertiary/aromatic N) is 1. The number of hydrogen-bond donors (Lipinski definition) is 2. The molecule has 6 nitrogen and oxygen atoms in total. The van der Waals surface area contributed by atoms with Crippen LogP contribution < -0.4 is 10.2 Å². The molecule has 6 heteroatoms. The lowest BCUT2D eigenvalue weighted by atomic mass is 10.0. The zero-order valence-electron chi connectivity index (χ0n) is 14.4. The van der Waals surface area contributed by atoms with Gasteiger partial charge in [-0.3, -0.25) is 9.59 Å². The van der Waals surface area contributed by atoms with E-state index >= 15 is 0 Å². The molecule has 3 rings (SSSR count). The molecule has 1 heterocycles. The molecule has 1 fully saturated rings. The summed E-state index contributed by atoms with van der Waals surface area (Å²) in [6.45, 7) is 2.61. The van der Waals surface area contributed by atoms with Crippen molar-refractivity contribution in [1.82, 2.24) is 5.32 Å². The van der Waals surface area contributed by atoms with E-state index in [-0.39, 0.29) is 17.4 Å². The van der Waals surface area contributed by atoms with E-state index in [9.17, 15) is 14.4 Å². The fourth-order valence-corrected chi connectivity index (χ4v) is 3.00. The second-order valence-electron chi connectivity index (χ2n) is 6.38. The fourth-order valence-electron chi connectivity index (χ4n) is 3.00. The van der Waals surface area contributed by atoms with Gasteiger partial charge in [0.2, 0.25) is 5.91 Å². The number of rotatable bonds is 4. The summed E-state index contributed by atoms with van der Waals surface area (Å²) >= 11 is 0. The standard InChI is InChI=1S/C20H20N2O4/c1-13-4-10-16(11-5-13)22-12-2-3-17(19(22)24)21-18(23)14-6-8-15(9-7-14)20(25)26/h4-11,17H,2-3,12H2,1H3,(H,21,23)(H,25,26). The summed E-state index contributed by atoms with van der Waals surface area (Å²) in [7, 11) is 0. The van der Waals surface area contributed by atoms with E-state index in [1.54, 1.807) is 4.90 Å². The third-order valence-corrected chi connectivity index (χ3v) is 4.48. The van der Waals surface area contributed by atoms with Crippen LogP contribution >= 0.6 is 0 Å². The first-order valence-electron chi connectivity index (χ1n) is 8.48. The van der Waals surface area contributed by atoms with Gasteiger partial charge in [-0.05, 0) is 56.2 Å². The summed E-state index contributed by atoms with van der Waals surface area (Å²) in [5.74, 6) is -1.56. The van der Waals surface area contributed by atoms with E-state index in [1.807, 2.05) is 31.2 Å². The van der Waals surface area contributed by atoms with Gasteiger partial charge >= 0.3 is 5.97 Å². The summed E-state index contributed by atoms with van der Waals surface area (Å²) in [4.78, 5) is 37.7. The minimum absolute atomic E-state index is 0.112. The molecule has 1 unspecified atom stereocenters. The van der Waals surface area contributed by atoms with E-state index in [1.165, 1.54) is 24.3 Å². The van der Waals surface area contributed by atoms with Crippen molar-refractivity contribution in [3.63, 3.8) is 0 Å². The minimum Gasteiger partial charge on any atom is -0.478 e. The zero-order valence-corrected chi connectivity index (χ0v) is 14.4. The van der Waals surface area contributed by atoms with Crippen LogP contribution in [0.15, 0.2) is 48.5 Å². The maximum absolute atomic E-state index is 12.8. The Bertz CT molecular complexity index is 828. The molecule has 0 radical (unpaired) electrons. The Balaban J connectivity index is 1.70. The zero-order chi connectivity index (χ0) is 18.7. The van der Waals surface area contributed by atoms with Crippen LogP contribution in [-0.2, 0) is 4.79 Å². The number of carbonyl (C=O) groups is 3. The first-order valence-corrected chi connectivity index (χ1v) is 8.48. The van der Waals surface area contributed by atoms with Crippen LogP contribution in [-0.4, -0.2) is 35.5 Å². The molecular weight excluding hydrogens is 332 g/mol. The number of nitrogens with one attached hydrogen (secondary N) is 1. The number of carboxylic acids is 1. The van der Waals surface area contributed by atoms with E-state index in [0.717, 1.165) is 17.7 Å². The lowest BCUT2D eigenvalue weighted by Crippen LogP contribution is -2.52. The van der Waals surface area contributed by atoms with Gasteiger partial charge in [-0.2, -0.15) is 0 Å². The molecule has 2 aromatic carbocycles. The summed E-state index contributed by atoms with van der Waals surface area (Å²) in [6, 6.07) is 12.8. The van der Waals surface area contributed by atoms with E-state index in [4.69, 9.17) is 5.11 Å². The normalized spacial score (nSPS) is 17.0. The highest BCUT2D eigenvalue weighted by Gasteiger charge is 2.31. The number of piperidine rings is 1. The van der Waals surface area contributed by atoms with E-state index in [0.29, 0.717) is 18.5 Å². The molecule has 2 amide bonds. The molecular formula is C20H20N2O4. The highest BCUT2D eigenvalue weighted by Crippen LogP contribution is 2.22. The molecule has 0 aromatic heterocycles. The summed E-state index contributed by atoms with van der Waals surface area (Å²) in [6.07, 6.45) is 1.38. The molecule has 134 valence electrons. The molecule has 1 saturated heterocycles. The molecule has 2 N–H and O–H groups in total. The van der Waals surface area contributed by atoms with Crippen molar-refractivity contribution in [3.05, 3.63) is 65.2 Å².